The van der Waals surface area contributed by atoms with Crippen LogP contribution in [-0.2, 0) is 0 Å². The topological polar surface area (TPSA) is 73.9 Å². The molecule has 1 aliphatic heterocycles. The highest BCUT2D eigenvalue weighted by Gasteiger charge is 2.23. The van der Waals surface area contributed by atoms with Crippen LogP contribution in [0.2, 0.25) is 0 Å². The smallest absolute Gasteiger partial charge is 0.268 e. The highest BCUT2D eigenvalue weighted by molar-refractivity contribution is 5.98. The first-order valence-corrected chi connectivity index (χ1v) is 8.20. The van der Waals surface area contributed by atoms with Gasteiger partial charge in [0.15, 0.2) is 0 Å². The molecule has 0 unspecified atom stereocenters. The standard InChI is InChI=1S/C18H19N5O/c24-17(16-11-13-5-1-2-7-15(13)22-16)21-14-6-3-10-23(12-14)18-19-8-4-9-20-18/h1-2,4-5,7-9,11,14,22H,3,6,10,12H2,(H,21,24)/t14-/m1/s1. The van der Waals surface area contributed by atoms with Gasteiger partial charge in [-0.1, -0.05) is 18.2 Å². The lowest BCUT2D eigenvalue weighted by Gasteiger charge is -2.32. The van der Waals surface area contributed by atoms with Crippen LogP contribution in [0, 0.1) is 0 Å². The third-order valence-corrected chi connectivity index (χ3v) is 4.37. The number of hydrogen-bond donors (Lipinski definition) is 2. The van der Waals surface area contributed by atoms with E-state index in [1.165, 1.54) is 0 Å². The Bertz CT molecular complexity index is 812. The molecule has 4 rings (SSSR count). The molecule has 2 N–H and O–H groups in total. The van der Waals surface area contributed by atoms with Crippen LogP contribution in [0.15, 0.2) is 48.8 Å². The van der Waals surface area contributed by atoms with Crippen LogP contribution in [0.25, 0.3) is 10.9 Å². The highest BCUT2D eigenvalue weighted by Crippen LogP contribution is 2.17. The van der Waals surface area contributed by atoms with E-state index in [1.807, 2.05) is 36.4 Å². The van der Waals surface area contributed by atoms with Gasteiger partial charge in [0.05, 0.1) is 0 Å². The molecule has 2 aromatic heterocycles. The van der Waals surface area contributed by atoms with Gasteiger partial charge in [-0.3, -0.25) is 4.79 Å². The number of fused-ring (bicyclic) bond motifs is 1. The Labute approximate surface area is 139 Å². The molecule has 24 heavy (non-hydrogen) atoms. The van der Waals surface area contributed by atoms with Crippen LogP contribution in [0.3, 0.4) is 0 Å². The van der Waals surface area contributed by atoms with E-state index in [2.05, 4.69) is 25.2 Å². The number of H-pyrrole nitrogens is 1. The Morgan fingerprint density at radius 3 is 2.88 bits per heavy atom. The molecular weight excluding hydrogens is 302 g/mol. The zero-order chi connectivity index (χ0) is 16.4. The number of nitrogens with zero attached hydrogens (tertiary/aromatic N) is 3. The predicted octanol–water partition coefficient (Wildman–Crippen LogP) is 2.36. The molecule has 1 aliphatic rings. The van der Waals surface area contributed by atoms with Gasteiger partial charge in [0, 0.05) is 42.4 Å². The van der Waals surface area contributed by atoms with Crippen molar-refractivity contribution in [1.29, 1.82) is 0 Å². The molecule has 1 atom stereocenters. The SMILES string of the molecule is O=C(N[C@@H]1CCCN(c2ncccn2)C1)c1cc2ccccc2[nH]1. The summed E-state index contributed by atoms with van der Waals surface area (Å²) in [5.41, 5.74) is 1.58. The summed E-state index contributed by atoms with van der Waals surface area (Å²) in [4.78, 5) is 26.4. The number of piperidine rings is 1. The average Bonchev–Trinajstić information content (AvgIpc) is 3.07. The number of benzene rings is 1. The van der Waals surface area contributed by atoms with Gasteiger partial charge >= 0.3 is 0 Å². The van der Waals surface area contributed by atoms with Gasteiger partial charge in [-0.2, -0.15) is 0 Å². The lowest BCUT2D eigenvalue weighted by Crippen LogP contribution is -2.48. The van der Waals surface area contributed by atoms with E-state index in [0.717, 1.165) is 42.8 Å². The number of para-hydroxylation sites is 1. The minimum absolute atomic E-state index is 0.0629. The normalized spacial score (nSPS) is 17.8. The summed E-state index contributed by atoms with van der Waals surface area (Å²) in [6.07, 6.45) is 5.47. The second kappa shape index (κ2) is 6.31. The Kier molecular flexibility index (Phi) is 3.86. The summed E-state index contributed by atoms with van der Waals surface area (Å²) < 4.78 is 0. The molecule has 0 radical (unpaired) electrons. The van der Waals surface area contributed by atoms with Crippen molar-refractivity contribution in [3.05, 3.63) is 54.5 Å². The second-order valence-electron chi connectivity index (χ2n) is 6.08. The monoisotopic (exact) mass is 321 g/mol. The molecule has 1 saturated heterocycles. The maximum atomic E-state index is 12.5. The molecule has 3 heterocycles. The first-order chi connectivity index (χ1) is 11.8. The number of hydrogen-bond acceptors (Lipinski definition) is 4. The summed E-state index contributed by atoms with van der Waals surface area (Å²) in [5.74, 6) is 0.661. The van der Waals surface area contributed by atoms with Crippen molar-refractivity contribution in [3.63, 3.8) is 0 Å². The van der Waals surface area contributed by atoms with Crippen molar-refractivity contribution in [3.8, 4) is 0 Å². The predicted molar refractivity (Wildman–Crippen MR) is 93.0 cm³/mol. The van der Waals surface area contributed by atoms with Crippen LogP contribution in [-0.4, -0.2) is 40.0 Å². The molecule has 0 bridgehead atoms. The van der Waals surface area contributed by atoms with Gasteiger partial charge in [-0.25, -0.2) is 9.97 Å². The number of aromatic nitrogens is 3. The number of aromatic amines is 1. The van der Waals surface area contributed by atoms with Crippen molar-refractivity contribution in [2.75, 3.05) is 18.0 Å². The van der Waals surface area contributed by atoms with Gasteiger partial charge in [-0.05, 0) is 31.0 Å². The fraction of sp³-hybridized carbons (Fsp3) is 0.278. The van der Waals surface area contributed by atoms with Gasteiger partial charge in [0.1, 0.15) is 5.69 Å². The summed E-state index contributed by atoms with van der Waals surface area (Å²) >= 11 is 0. The van der Waals surface area contributed by atoms with Crippen molar-refractivity contribution < 1.29 is 4.79 Å². The highest BCUT2D eigenvalue weighted by atomic mass is 16.1. The molecular formula is C18H19N5O. The number of carbonyl (C=O) groups excluding carboxylic acids is 1. The Morgan fingerprint density at radius 2 is 2.04 bits per heavy atom. The Morgan fingerprint density at radius 1 is 1.21 bits per heavy atom. The first kappa shape index (κ1) is 14.7. The molecule has 6 nitrogen and oxygen atoms in total. The van der Waals surface area contributed by atoms with E-state index < -0.39 is 0 Å². The quantitative estimate of drug-likeness (QED) is 0.776. The van der Waals surface area contributed by atoms with Crippen molar-refractivity contribution in [2.45, 2.75) is 18.9 Å². The molecule has 0 saturated carbocycles. The van der Waals surface area contributed by atoms with Crippen LogP contribution in [0.4, 0.5) is 5.95 Å². The zero-order valence-electron chi connectivity index (χ0n) is 13.3. The van der Waals surface area contributed by atoms with E-state index in [0.29, 0.717) is 5.69 Å². The van der Waals surface area contributed by atoms with Crippen molar-refractivity contribution in [2.24, 2.45) is 0 Å². The summed E-state index contributed by atoms with van der Waals surface area (Å²) in [6.45, 7) is 1.65. The van der Waals surface area contributed by atoms with E-state index in [4.69, 9.17) is 0 Å². The van der Waals surface area contributed by atoms with Crippen molar-refractivity contribution >= 4 is 22.8 Å². The first-order valence-electron chi connectivity index (χ1n) is 8.20. The Balaban J connectivity index is 1.45. The molecule has 1 aromatic carbocycles. The van der Waals surface area contributed by atoms with Crippen LogP contribution in [0.5, 0.6) is 0 Å². The molecule has 1 fully saturated rings. The Hall–Kier alpha value is -2.89. The fourth-order valence-corrected chi connectivity index (χ4v) is 3.19. The zero-order valence-corrected chi connectivity index (χ0v) is 13.3. The number of nitrogens with one attached hydrogen (secondary N) is 2. The van der Waals surface area contributed by atoms with Crippen LogP contribution >= 0.6 is 0 Å². The van der Waals surface area contributed by atoms with Gasteiger partial charge < -0.3 is 15.2 Å². The molecule has 0 spiro atoms. The second-order valence-corrected chi connectivity index (χ2v) is 6.08. The third-order valence-electron chi connectivity index (χ3n) is 4.37. The van der Waals surface area contributed by atoms with E-state index in [9.17, 15) is 4.79 Å². The number of amides is 1. The minimum Gasteiger partial charge on any atom is -0.351 e. The third kappa shape index (κ3) is 2.95. The lowest BCUT2D eigenvalue weighted by molar-refractivity contribution is 0.0929. The van der Waals surface area contributed by atoms with Gasteiger partial charge in [0.2, 0.25) is 5.95 Å². The molecule has 1 amide bonds. The number of anilines is 1. The minimum atomic E-state index is -0.0629. The maximum absolute atomic E-state index is 12.5. The fourth-order valence-electron chi connectivity index (χ4n) is 3.19. The molecule has 122 valence electrons. The van der Waals surface area contributed by atoms with Crippen LogP contribution in [0.1, 0.15) is 23.3 Å². The largest absolute Gasteiger partial charge is 0.351 e. The van der Waals surface area contributed by atoms with E-state index in [-0.39, 0.29) is 11.9 Å². The average molecular weight is 321 g/mol. The molecule has 6 heteroatoms. The number of rotatable bonds is 3. The van der Waals surface area contributed by atoms with Gasteiger partial charge in [-0.15, -0.1) is 0 Å². The summed E-state index contributed by atoms with van der Waals surface area (Å²) in [6, 6.07) is 11.7. The molecule has 0 aliphatic carbocycles. The number of carbonyl (C=O) groups is 1. The molecule has 3 aromatic rings. The lowest BCUT2D eigenvalue weighted by atomic mass is 10.1. The maximum Gasteiger partial charge on any atom is 0.268 e. The van der Waals surface area contributed by atoms with Crippen molar-refractivity contribution in [1.82, 2.24) is 20.3 Å². The van der Waals surface area contributed by atoms with E-state index >= 15 is 0 Å². The van der Waals surface area contributed by atoms with Gasteiger partial charge in [0.25, 0.3) is 5.91 Å². The summed E-state index contributed by atoms with van der Waals surface area (Å²) in [5, 5.41) is 4.18. The van der Waals surface area contributed by atoms with Crippen LogP contribution < -0.4 is 10.2 Å². The van der Waals surface area contributed by atoms with E-state index in [1.54, 1.807) is 12.4 Å². The summed E-state index contributed by atoms with van der Waals surface area (Å²) in [7, 11) is 0.